The van der Waals surface area contributed by atoms with E-state index in [0.717, 1.165) is 15.7 Å². The minimum Gasteiger partial charge on any atom is -0.367 e. The molecule has 0 bridgehead atoms. The Labute approximate surface area is 111 Å². The third kappa shape index (κ3) is 2.60. The summed E-state index contributed by atoms with van der Waals surface area (Å²) in [6.07, 6.45) is 1.85. The number of hydrogen-bond donors (Lipinski definition) is 1. The van der Waals surface area contributed by atoms with Gasteiger partial charge in [0.05, 0.1) is 0 Å². The van der Waals surface area contributed by atoms with Crippen molar-refractivity contribution in [3.8, 4) is 0 Å². The zero-order valence-electron chi connectivity index (χ0n) is 10.4. The van der Waals surface area contributed by atoms with Crippen LogP contribution in [0.3, 0.4) is 0 Å². The standard InChI is InChI=1S/C14H17BrN2/c1-9(2)10(3)17-14-12-5-4-6-13(15)11(12)7-8-16-14/h4-10H,1-3H3,(H,16,17). The smallest absolute Gasteiger partial charge is 0.134 e. The molecule has 0 radical (unpaired) electrons. The summed E-state index contributed by atoms with van der Waals surface area (Å²) in [6.45, 7) is 6.60. The number of halogens is 1. The lowest BCUT2D eigenvalue weighted by Gasteiger charge is -2.19. The van der Waals surface area contributed by atoms with Crippen LogP contribution in [0.25, 0.3) is 10.8 Å². The first-order chi connectivity index (χ1) is 8.09. The highest BCUT2D eigenvalue weighted by Crippen LogP contribution is 2.28. The molecule has 1 N–H and O–H groups in total. The second-order valence-electron chi connectivity index (χ2n) is 4.67. The molecular weight excluding hydrogens is 276 g/mol. The Morgan fingerprint density at radius 3 is 2.59 bits per heavy atom. The maximum absolute atomic E-state index is 4.44. The first-order valence-electron chi connectivity index (χ1n) is 5.89. The number of nitrogens with zero attached hydrogens (tertiary/aromatic N) is 1. The van der Waals surface area contributed by atoms with E-state index in [2.05, 4.69) is 59.1 Å². The number of nitrogens with one attached hydrogen (secondary N) is 1. The number of fused-ring (bicyclic) bond motifs is 1. The SMILES string of the molecule is CC(C)C(C)Nc1nccc2c(Br)cccc12. The lowest BCUT2D eigenvalue weighted by Crippen LogP contribution is -2.22. The average molecular weight is 293 g/mol. The number of aromatic nitrogens is 1. The van der Waals surface area contributed by atoms with Crippen molar-refractivity contribution in [3.63, 3.8) is 0 Å². The van der Waals surface area contributed by atoms with Crippen LogP contribution in [0, 0.1) is 5.92 Å². The molecule has 0 fully saturated rings. The number of anilines is 1. The van der Waals surface area contributed by atoms with Gasteiger partial charge in [0.25, 0.3) is 0 Å². The van der Waals surface area contributed by atoms with E-state index in [4.69, 9.17) is 0 Å². The molecule has 90 valence electrons. The van der Waals surface area contributed by atoms with Gasteiger partial charge in [-0.25, -0.2) is 4.98 Å². The minimum atomic E-state index is 0.409. The number of pyridine rings is 1. The van der Waals surface area contributed by atoms with Crippen LogP contribution >= 0.6 is 15.9 Å². The monoisotopic (exact) mass is 292 g/mol. The van der Waals surface area contributed by atoms with Gasteiger partial charge in [-0.3, -0.25) is 0 Å². The molecule has 1 heterocycles. The third-order valence-electron chi connectivity index (χ3n) is 3.12. The summed E-state index contributed by atoms with van der Waals surface area (Å²) in [5.74, 6) is 1.55. The van der Waals surface area contributed by atoms with Gasteiger partial charge >= 0.3 is 0 Å². The van der Waals surface area contributed by atoms with Gasteiger partial charge in [-0.2, -0.15) is 0 Å². The normalized spacial score (nSPS) is 13.0. The summed E-state index contributed by atoms with van der Waals surface area (Å²) >= 11 is 3.57. The van der Waals surface area contributed by atoms with E-state index in [1.54, 1.807) is 0 Å². The predicted molar refractivity (Wildman–Crippen MR) is 77.4 cm³/mol. The second kappa shape index (κ2) is 5.05. The molecule has 0 saturated heterocycles. The lowest BCUT2D eigenvalue weighted by molar-refractivity contribution is 0.559. The highest BCUT2D eigenvalue weighted by Gasteiger charge is 2.10. The van der Waals surface area contributed by atoms with Gasteiger partial charge < -0.3 is 5.32 Å². The van der Waals surface area contributed by atoms with Crippen LogP contribution in [0.4, 0.5) is 5.82 Å². The summed E-state index contributed by atoms with van der Waals surface area (Å²) in [7, 11) is 0. The highest BCUT2D eigenvalue weighted by atomic mass is 79.9. The molecule has 1 atom stereocenters. The Kier molecular flexibility index (Phi) is 3.67. The maximum Gasteiger partial charge on any atom is 0.134 e. The molecule has 0 saturated carbocycles. The van der Waals surface area contributed by atoms with Gasteiger partial charge in [0.2, 0.25) is 0 Å². The van der Waals surface area contributed by atoms with Crippen LogP contribution in [0.2, 0.25) is 0 Å². The molecular formula is C14H17BrN2. The van der Waals surface area contributed by atoms with Crippen molar-refractivity contribution in [3.05, 3.63) is 34.9 Å². The van der Waals surface area contributed by atoms with Crippen molar-refractivity contribution >= 4 is 32.5 Å². The van der Waals surface area contributed by atoms with Crippen molar-refractivity contribution in [1.82, 2.24) is 4.98 Å². The summed E-state index contributed by atoms with van der Waals surface area (Å²) in [6, 6.07) is 8.64. The number of rotatable bonds is 3. The zero-order chi connectivity index (χ0) is 12.4. The van der Waals surface area contributed by atoms with Crippen LogP contribution in [0.1, 0.15) is 20.8 Å². The molecule has 2 nitrogen and oxygen atoms in total. The van der Waals surface area contributed by atoms with Crippen molar-refractivity contribution in [2.75, 3.05) is 5.32 Å². The van der Waals surface area contributed by atoms with Gasteiger partial charge in [-0.1, -0.05) is 41.9 Å². The Morgan fingerprint density at radius 2 is 1.88 bits per heavy atom. The molecule has 17 heavy (non-hydrogen) atoms. The van der Waals surface area contributed by atoms with Crippen LogP contribution in [-0.4, -0.2) is 11.0 Å². The Balaban J connectivity index is 2.44. The average Bonchev–Trinajstić information content (AvgIpc) is 2.30. The van der Waals surface area contributed by atoms with Crippen LogP contribution in [-0.2, 0) is 0 Å². The number of hydrogen-bond acceptors (Lipinski definition) is 2. The predicted octanol–water partition coefficient (Wildman–Crippen LogP) is 4.45. The van der Waals surface area contributed by atoms with Crippen molar-refractivity contribution < 1.29 is 0 Å². The first-order valence-corrected chi connectivity index (χ1v) is 6.68. The maximum atomic E-state index is 4.44. The van der Waals surface area contributed by atoms with E-state index in [9.17, 15) is 0 Å². The lowest BCUT2D eigenvalue weighted by atomic mass is 10.1. The van der Waals surface area contributed by atoms with E-state index in [1.807, 2.05) is 18.3 Å². The summed E-state index contributed by atoms with van der Waals surface area (Å²) in [5.41, 5.74) is 0. The Bertz CT molecular complexity index is 523. The molecule has 0 aliphatic heterocycles. The molecule has 1 unspecified atom stereocenters. The van der Waals surface area contributed by atoms with Crippen LogP contribution < -0.4 is 5.32 Å². The van der Waals surface area contributed by atoms with E-state index in [-0.39, 0.29) is 0 Å². The van der Waals surface area contributed by atoms with E-state index in [1.165, 1.54) is 5.39 Å². The Hall–Kier alpha value is -1.09. The van der Waals surface area contributed by atoms with Crippen molar-refractivity contribution in [1.29, 1.82) is 0 Å². The summed E-state index contributed by atoms with van der Waals surface area (Å²) in [5, 5.41) is 5.84. The van der Waals surface area contributed by atoms with Crippen LogP contribution in [0.5, 0.6) is 0 Å². The largest absolute Gasteiger partial charge is 0.367 e. The van der Waals surface area contributed by atoms with E-state index < -0.39 is 0 Å². The quantitative estimate of drug-likeness (QED) is 0.904. The Morgan fingerprint density at radius 1 is 1.12 bits per heavy atom. The molecule has 2 rings (SSSR count). The van der Waals surface area contributed by atoms with Gasteiger partial charge in [-0.05, 0) is 25.0 Å². The molecule has 1 aromatic carbocycles. The second-order valence-corrected chi connectivity index (χ2v) is 5.53. The fourth-order valence-electron chi connectivity index (χ4n) is 1.67. The molecule has 2 aromatic rings. The minimum absolute atomic E-state index is 0.409. The van der Waals surface area contributed by atoms with Crippen molar-refractivity contribution in [2.45, 2.75) is 26.8 Å². The fourth-order valence-corrected chi connectivity index (χ4v) is 2.16. The summed E-state index contributed by atoms with van der Waals surface area (Å²) in [4.78, 5) is 4.44. The molecule has 0 aliphatic carbocycles. The highest BCUT2D eigenvalue weighted by molar-refractivity contribution is 9.10. The summed E-state index contributed by atoms with van der Waals surface area (Å²) < 4.78 is 1.11. The first kappa shape index (κ1) is 12.4. The van der Waals surface area contributed by atoms with Gasteiger partial charge in [0, 0.05) is 27.5 Å². The van der Waals surface area contributed by atoms with E-state index >= 15 is 0 Å². The molecule has 0 aliphatic rings. The molecule has 0 amide bonds. The van der Waals surface area contributed by atoms with Crippen LogP contribution in [0.15, 0.2) is 34.9 Å². The van der Waals surface area contributed by atoms with E-state index in [0.29, 0.717) is 12.0 Å². The fraction of sp³-hybridized carbons (Fsp3) is 0.357. The van der Waals surface area contributed by atoms with Gasteiger partial charge in [-0.15, -0.1) is 0 Å². The van der Waals surface area contributed by atoms with Crippen molar-refractivity contribution in [2.24, 2.45) is 5.92 Å². The zero-order valence-corrected chi connectivity index (χ0v) is 12.0. The third-order valence-corrected chi connectivity index (χ3v) is 3.81. The van der Waals surface area contributed by atoms with Gasteiger partial charge in [0.15, 0.2) is 0 Å². The molecule has 3 heteroatoms. The molecule has 0 spiro atoms. The number of benzene rings is 1. The van der Waals surface area contributed by atoms with Gasteiger partial charge in [0.1, 0.15) is 5.82 Å². The topological polar surface area (TPSA) is 24.9 Å². The molecule has 1 aromatic heterocycles.